The number of alkyl halides is 3. The Bertz CT molecular complexity index is 1110. The van der Waals surface area contributed by atoms with E-state index >= 15 is 0 Å². The largest absolute Gasteiger partial charge is 0.416 e. The smallest absolute Gasteiger partial charge is 0.390 e. The van der Waals surface area contributed by atoms with Crippen LogP contribution in [0.15, 0.2) is 46.7 Å². The fourth-order valence-corrected chi connectivity index (χ4v) is 5.56. The van der Waals surface area contributed by atoms with Crippen LogP contribution in [-0.2, 0) is 33.4 Å². The average molecular weight is 550 g/mol. The number of amides is 1. The van der Waals surface area contributed by atoms with Crippen LogP contribution in [0.3, 0.4) is 0 Å². The predicted molar refractivity (Wildman–Crippen MR) is 143 cm³/mol. The molecule has 1 amide bonds. The molecular weight excluding hydrogens is 511 g/mol. The molecule has 0 aromatic heterocycles. The number of nitrogens with one attached hydrogen (secondary N) is 1. The van der Waals surface area contributed by atoms with Crippen LogP contribution in [0.5, 0.6) is 0 Å². The summed E-state index contributed by atoms with van der Waals surface area (Å²) in [6, 6.07) is 4.36. The molecule has 3 heterocycles. The number of ether oxygens (including phenoxy) is 2. The molecular formula is C28H38F3N5O3. The number of nitrogens with zero attached hydrogens (tertiary/aromatic N) is 3. The maximum atomic E-state index is 13.5. The predicted octanol–water partition coefficient (Wildman–Crippen LogP) is 3.22. The number of methoxy groups -OCH3 is 1. The van der Waals surface area contributed by atoms with Gasteiger partial charge in [0.05, 0.1) is 24.6 Å². The standard InChI is InChI=1S/C28H38F3N5O3/c1-18(19(2)36-10-6-20-4-5-22(28(29,30)31)14-21(20)15-36)26(33-17-32)27(37)35-11-7-23(8-12-35)34-24-9-13-39-16-25(24)38-3/h4-5,14,17,23-25,34H,2,6-13,15-16H2,1,3H3,(H2,32,33)/b26-18-/t24-,25?/m0/s1. The van der Waals surface area contributed by atoms with E-state index in [9.17, 15) is 18.0 Å². The first-order valence-electron chi connectivity index (χ1n) is 13.4. The highest BCUT2D eigenvalue weighted by Crippen LogP contribution is 2.33. The minimum atomic E-state index is -4.40. The van der Waals surface area contributed by atoms with Gasteiger partial charge < -0.3 is 30.3 Å². The Morgan fingerprint density at radius 3 is 2.62 bits per heavy atom. The molecule has 214 valence electrons. The van der Waals surface area contributed by atoms with Gasteiger partial charge in [-0.1, -0.05) is 12.6 Å². The highest BCUT2D eigenvalue weighted by Gasteiger charge is 2.33. The molecule has 39 heavy (non-hydrogen) atoms. The van der Waals surface area contributed by atoms with Crippen LogP contribution in [-0.4, -0.2) is 80.2 Å². The Labute approximate surface area is 227 Å². The number of aliphatic imine (C=N–C) groups is 1. The number of carbonyl (C=O) groups is 1. The maximum absolute atomic E-state index is 13.5. The molecule has 0 aliphatic carbocycles. The molecule has 0 bridgehead atoms. The monoisotopic (exact) mass is 549 g/mol. The van der Waals surface area contributed by atoms with Crippen LogP contribution in [0.4, 0.5) is 13.2 Å². The Hall–Kier alpha value is -2.89. The van der Waals surface area contributed by atoms with Crippen LogP contribution in [0.25, 0.3) is 0 Å². The van der Waals surface area contributed by atoms with Crippen molar-refractivity contribution in [3.63, 3.8) is 0 Å². The minimum Gasteiger partial charge on any atom is -0.390 e. The van der Waals surface area contributed by atoms with Gasteiger partial charge in [-0.3, -0.25) is 4.79 Å². The molecule has 2 saturated heterocycles. The van der Waals surface area contributed by atoms with Gasteiger partial charge in [0, 0.05) is 63.2 Å². The lowest BCUT2D eigenvalue weighted by molar-refractivity contribution is -0.137. The summed E-state index contributed by atoms with van der Waals surface area (Å²) >= 11 is 0. The van der Waals surface area contributed by atoms with Gasteiger partial charge in [0.25, 0.3) is 5.91 Å². The van der Waals surface area contributed by atoms with E-state index in [0.29, 0.717) is 56.1 Å². The molecule has 8 nitrogen and oxygen atoms in total. The second-order valence-corrected chi connectivity index (χ2v) is 10.3. The quantitative estimate of drug-likeness (QED) is 0.235. The minimum absolute atomic E-state index is 0.0160. The molecule has 1 aromatic carbocycles. The van der Waals surface area contributed by atoms with E-state index in [-0.39, 0.29) is 36.3 Å². The second kappa shape index (κ2) is 12.5. The van der Waals surface area contributed by atoms with Crippen molar-refractivity contribution in [3.05, 3.63) is 58.4 Å². The Balaban J connectivity index is 1.42. The SMILES string of the molecule is C=C(/C(C)=C(\N=C/N)C(=O)N1CCC(N[C@H]2CCOCC2OC)CC1)N1CCc2ccc(C(F)(F)F)cc2C1. The summed E-state index contributed by atoms with van der Waals surface area (Å²) in [5, 5.41) is 3.68. The molecule has 0 radical (unpaired) electrons. The van der Waals surface area contributed by atoms with Gasteiger partial charge >= 0.3 is 6.18 Å². The summed E-state index contributed by atoms with van der Waals surface area (Å²) in [4.78, 5) is 21.4. The van der Waals surface area contributed by atoms with E-state index in [1.165, 1.54) is 6.07 Å². The number of carbonyl (C=O) groups excluding carboxylic acids is 1. The zero-order valence-electron chi connectivity index (χ0n) is 22.6. The van der Waals surface area contributed by atoms with Gasteiger partial charge in [0.15, 0.2) is 0 Å². The molecule has 2 atom stereocenters. The third-order valence-corrected chi connectivity index (χ3v) is 7.96. The summed E-state index contributed by atoms with van der Waals surface area (Å²) in [7, 11) is 1.69. The Morgan fingerprint density at radius 2 is 1.95 bits per heavy atom. The molecule has 3 aliphatic heterocycles. The number of hydrogen-bond acceptors (Lipinski definition) is 6. The number of nitrogens with two attached hydrogens (primary N) is 1. The van der Waals surface area contributed by atoms with Crippen molar-refractivity contribution >= 4 is 12.2 Å². The Kier molecular flexibility index (Phi) is 9.35. The van der Waals surface area contributed by atoms with E-state index in [1.54, 1.807) is 25.0 Å². The fourth-order valence-electron chi connectivity index (χ4n) is 5.56. The third-order valence-electron chi connectivity index (χ3n) is 7.96. The number of rotatable bonds is 7. The van der Waals surface area contributed by atoms with Gasteiger partial charge in [0.2, 0.25) is 0 Å². The van der Waals surface area contributed by atoms with E-state index in [1.807, 2.05) is 4.90 Å². The zero-order valence-corrected chi connectivity index (χ0v) is 22.6. The molecule has 11 heteroatoms. The molecule has 1 unspecified atom stereocenters. The van der Waals surface area contributed by atoms with Gasteiger partial charge in [-0.2, -0.15) is 13.2 Å². The lowest BCUT2D eigenvalue weighted by Gasteiger charge is -2.38. The fraction of sp³-hybridized carbons (Fsp3) is 0.571. The number of fused-ring (bicyclic) bond motifs is 1. The molecule has 2 fully saturated rings. The molecule has 4 rings (SSSR count). The molecule has 0 saturated carbocycles. The highest BCUT2D eigenvalue weighted by atomic mass is 19.4. The number of likely N-dealkylation sites (tertiary alicyclic amines) is 1. The summed E-state index contributed by atoms with van der Waals surface area (Å²) < 4.78 is 50.8. The summed E-state index contributed by atoms with van der Waals surface area (Å²) in [5.41, 5.74) is 7.74. The first-order valence-corrected chi connectivity index (χ1v) is 13.4. The first kappa shape index (κ1) is 29.1. The number of piperidine rings is 1. The number of allylic oxidation sites excluding steroid dienone is 1. The van der Waals surface area contributed by atoms with E-state index in [4.69, 9.17) is 15.2 Å². The van der Waals surface area contributed by atoms with Crippen LogP contribution in [0, 0.1) is 0 Å². The van der Waals surface area contributed by atoms with Crippen LogP contribution in [0.2, 0.25) is 0 Å². The van der Waals surface area contributed by atoms with Gasteiger partial charge in [-0.25, -0.2) is 4.99 Å². The van der Waals surface area contributed by atoms with Crippen molar-refractivity contribution in [2.24, 2.45) is 10.7 Å². The lowest BCUT2D eigenvalue weighted by atomic mass is 9.96. The van der Waals surface area contributed by atoms with Crippen molar-refractivity contribution in [1.29, 1.82) is 0 Å². The first-order chi connectivity index (χ1) is 18.6. The number of halogens is 3. The summed E-state index contributed by atoms with van der Waals surface area (Å²) in [5.74, 6) is -0.230. The van der Waals surface area contributed by atoms with Crippen molar-refractivity contribution in [3.8, 4) is 0 Å². The molecule has 0 spiro atoms. The van der Waals surface area contributed by atoms with Gasteiger partial charge in [0.1, 0.15) is 5.70 Å². The number of benzene rings is 1. The third kappa shape index (κ3) is 6.82. The average Bonchev–Trinajstić information content (AvgIpc) is 2.94. The van der Waals surface area contributed by atoms with Crippen molar-refractivity contribution in [2.45, 2.75) is 63.5 Å². The zero-order chi connectivity index (χ0) is 28.2. The van der Waals surface area contributed by atoms with E-state index < -0.39 is 11.7 Å². The molecule has 3 aliphatic rings. The van der Waals surface area contributed by atoms with Crippen molar-refractivity contribution in [1.82, 2.24) is 15.1 Å². The number of hydrogen-bond donors (Lipinski definition) is 2. The van der Waals surface area contributed by atoms with Crippen LogP contribution in [0.1, 0.15) is 42.9 Å². The summed E-state index contributed by atoms with van der Waals surface area (Å²) in [6.45, 7) is 9.20. The maximum Gasteiger partial charge on any atom is 0.416 e. The highest BCUT2D eigenvalue weighted by molar-refractivity contribution is 5.95. The van der Waals surface area contributed by atoms with Gasteiger partial charge in [-0.05, 0) is 55.9 Å². The van der Waals surface area contributed by atoms with E-state index in [2.05, 4.69) is 16.9 Å². The van der Waals surface area contributed by atoms with Crippen LogP contribution < -0.4 is 11.1 Å². The van der Waals surface area contributed by atoms with E-state index in [0.717, 1.165) is 37.2 Å². The van der Waals surface area contributed by atoms with Crippen molar-refractivity contribution < 1.29 is 27.4 Å². The van der Waals surface area contributed by atoms with Gasteiger partial charge in [-0.15, -0.1) is 0 Å². The molecule has 1 aromatic rings. The second-order valence-electron chi connectivity index (χ2n) is 10.3. The summed E-state index contributed by atoms with van der Waals surface area (Å²) in [6.07, 6.45) is -0.236. The molecule has 3 N–H and O–H groups in total. The topological polar surface area (TPSA) is 92.4 Å². The van der Waals surface area contributed by atoms with Crippen molar-refractivity contribution in [2.75, 3.05) is 40.0 Å². The normalized spacial score (nSPS) is 23.5. The lowest BCUT2D eigenvalue weighted by Crippen LogP contribution is -2.54. The Morgan fingerprint density at radius 1 is 1.21 bits per heavy atom. The van der Waals surface area contributed by atoms with Crippen LogP contribution >= 0.6 is 0 Å².